The topological polar surface area (TPSA) is 61.2 Å². The van der Waals surface area contributed by atoms with Crippen LogP contribution in [0, 0.1) is 13.8 Å². The molecule has 1 fully saturated rings. The Labute approximate surface area is 154 Å². The van der Waals surface area contributed by atoms with Crippen LogP contribution in [0.15, 0.2) is 10.5 Å². The van der Waals surface area contributed by atoms with Crippen LogP contribution < -0.4 is 10.1 Å². The minimum atomic E-state index is -0.00232. The zero-order chi connectivity index (χ0) is 17.3. The standard InChI is InChI=1S/C16H20BrClN4O2/c1-9-8-11(21-22(9)12-6-4-5-7-24-12)19-16-14(23-3)13(17)10(2)15(18)20-16/h8,12H,4-7H2,1-3H3,(H,19,20,21). The van der Waals surface area contributed by atoms with Crippen molar-refractivity contribution in [2.75, 3.05) is 19.0 Å². The molecule has 3 heterocycles. The van der Waals surface area contributed by atoms with Gasteiger partial charge in [-0.05, 0) is 49.0 Å². The molecule has 1 N–H and O–H groups in total. The highest BCUT2D eigenvalue weighted by Gasteiger charge is 2.20. The van der Waals surface area contributed by atoms with Crippen molar-refractivity contribution in [3.05, 3.63) is 26.9 Å². The maximum absolute atomic E-state index is 6.19. The third kappa shape index (κ3) is 3.38. The predicted molar refractivity (Wildman–Crippen MR) is 97.3 cm³/mol. The van der Waals surface area contributed by atoms with Crippen molar-refractivity contribution < 1.29 is 9.47 Å². The molecular formula is C16H20BrClN4O2. The first-order valence-corrected chi connectivity index (χ1v) is 9.02. The number of rotatable bonds is 4. The molecule has 24 heavy (non-hydrogen) atoms. The van der Waals surface area contributed by atoms with Gasteiger partial charge in [-0.3, -0.25) is 0 Å². The minimum absolute atomic E-state index is 0.00232. The summed E-state index contributed by atoms with van der Waals surface area (Å²) in [7, 11) is 1.60. The van der Waals surface area contributed by atoms with Gasteiger partial charge in [-0.25, -0.2) is 9.67 Å². The zero-order valence-electron chi connectivity index (χ0n) is 13.9. The van der Waals surface area contributed by atoms with Gasteiger partial charge in [-0.2, -0.15) is 5.10 Å². The quantitative estimate of drug-likeness (QED) is 0.729. The molecule has 2 aromatic rings. The molecule has 0 aromatic carbocycles. The molecular weight excluding hydrogens is 396 g/mol. The van der Waals surface area contributed by atoms with Gasteiger partial charge in [0.15, 0.2) is 23.6 Å². The van der Waals surface area contributed by atoms with Crippen molar-refractivity contribution in [3.8, 4) is 5.75 Å². The number of halogens is 2. The number of anilines is 2. The molecule has 0 radical (unpaired) electrons. The lowest BCUT2D eigenvalue weighted by molar-refractivity contribution is -0.0404. The summed E-state index contributed by atoms with van der Waals surface area (Å²) in [5.41, 5.74) is 1.86. The Bertz CT molecular complexity index is 744. The summed E-state index contributed by atoms with van der Waals surface area (Å²) in [5.74, 6) is 1.80. The molecule has 1 aliphatic rings. The number of aryl methyl sites for hydroxylation is 1. The highest BCUT2D eigenvalue weighted by molar-refractivity contribution is 9.10. The van der Waals surface area contributed by atoms with E-state index in [4.69, 9.17) is 21.1 Å². The fourth-order valence-electron chi connectivity index (χ4n) is 2.75. The van der Waals surface area contributed by atoms with Crippen molar-refractivity contribution >= 4 is 39.2 Å². The van der Waals surface area contributed by atoms with Crippen molar-refractivity contribution in [3.63, 3.8) is 0 Å². The van der Waals surface area contributed by atoms with Gasteiger partial charge in [0, 0.05) is 23.9 Å². The number of hydrogen-bond acceptors (Lipinski definition) is 5. The molecule has 0 bridgehead atoms. The first-order valence-electron chi connectivity index (χ1n) is 7.85. The van der Waals surface area contributed by atoms with Crippen LogP contribution >= 0.6 is 27.5 Å². The molecule has 130 valence electrons. The van der Waals surface area contributed by atoms with E-state index in [1.807, 2.05) is 24.6 Å². The predicted octanol–water partition coefficient (Wildman–Crippen LogP) is 4.76. The van der Waals surface area contributed by atoms with Crippen LogP contribution in [0.3, 0.4) is 0 Å². The molecule has 1 unspecified atom stereocenters. The van der Waals surface area contributed by atoms with Gasteiger partial charge < -0.3 is 14.8 Å². The summed E-state index contributed by atoms with van der Waals surface area (Å²) >= 11 is 9.69. The van der Waals surface area contributed by atoms with Crippen LogP contribution in [0.1, 0.15) is 36.7 Å². The summed E-state index contributed by atoms with van der Waals surface area (Å²) in [6.07, 6.45) is 3.24. The lowest BCUT2D eigenvalue weighted by Crippen LogP contribution is -2.20. The molecule has 0 saturated carbocycles. The first-order chi connectivity index (χ1) is 11.5. The Morgan fingerprint density at radius 1 is 1.42 bits per heavy atom. The largest absolute Gasteiger partial charge is 0.492 e. The number of methoxy groups -OCH3 is 1. The van der Waals surface area contributed by atoms with Gasteiger partial charge in [0.05, 0.1) is 11.6 Å². The average Bonchev–Trinajstić information content (AvgIpc) is 2.94. The zero-order valence-corrected chi connectivity index (χ0v) is 16.2. The maximum Gasteiger partial charge on any atom is 0.177 e. The van der Waals surface area contributed by atoms with Gasteiger partial charge in [0.1, 0.15) is 5.15 Å². The Kier molecular flexibility index (Phi) is 5.32. The monoisotopic (exact) mass is 414 g/mol. The number of hydrogen-bond donors (Lipinski definition) is 1. The Balaban J connectivity index is 1.89. The smallest absolute Gasteiger partial charge is 0.177 e. The number of ether oxygens (including phenoxy) is 2. The maximum atomic E-state index is 6.19. The Morgan fingerprint density at radius 2 is 2.21 bits per heavy atom. The van der Waals surface area contributed by atoms with E-state index < -0.39 is 0 Å². The number of aromatic nitrogens is 3. The summed E-state index contributed by atoms with van der Waals surface area (Å²) in [4.78, 5) is 4.37. The number of nitrogens with one attached hydrogen (secondary N) is 1. The van der Waals surface area contributed by atoms with Gasteiger partial charge >= 0.3 is 0 Å². The fourth-order valence-corrected chi connectivity index (χ4v) is 3.58. The Hall–Kier alpha value is -1.31. The third-order valence-electron chi connectivity index (χ3n) is 4.06. The second kappa shape index (κ2) is 7.29. The normalized spacial score (nSPS) is 17.8. The van der Waals surface area contributed by atoms with Crippen LogP contribution in [0.25, 0.3) is 0 Å². The van der Waals surface area contributed by atoms with Crippen LogP contribution in [0.5, 0.6) is 5.75 Å². The summed E-state index contributed by atoms with van der Waals surface area (Å²) in [5, 5.41) is 8.22. The summed E-state index contributed by atoms with van der Waals surface area (Å²) < 4.78 is 14.0. The molecule has 0 aliphatic carbocycles. The fraction of sp³-hybridized carbons (Fsp3) is 0.500. The SMILES string of the molecule is COc1c(Nc2cc(C)n(C3CCCCO3)n2)nc(Cl)c(C)c1Br. The molecule has 0 spiro atoms. The van der Waals surface area contributed by atoms with Crippen LogP contribution in [-0.4, -0.2) is 28.5 Å². The summed E-state index contributed by atoms with van der Waals surface area (Å²) in [6.45, 7) is 4.67. The van der Waals surface area contributed by atoms with Crippen molar-refractivity contribution in [1.82, 2.24) is 14.8 Å². The average molecular weight is 416 g/mol. The Morgan fingerprint density at radius 3 is 2.88 bits per heavy atom. The number of pyridine rings is 1. The highest BCUT2D eigenvalue weighted by Crippen LogP contribution is 2.38. The van der Waals surface area contributed by atoms with Crippen LogP contribution in [0.4, 0.5) is 11.6 Å². The molecule has 3 rings (SSSR count). The van der Waals surface area contributed by atoms with Crippen molar-refractivity contribution in [2.45, 2.75) is 39.3 Å². The molecule has 0 amide bonds. The molecule has 1 atom stereocenters. The molecule has 1 aliphatic heterocycles. The van der Waals surface area contributed by atoms with Crippen LogP contribution in [0.2, 0.25) is 5.15 Å². The van der Waals surface area contributed by atoms with E-state index in [1.54, 1.807) is 7.11 Å². The second-order valence-corrected chi connectivity index (χ2v) is 6.94. The number of nitrogens with zero attached hydrogens (tertiary/aromatic N) is 3. The van der Waals surface area contributed by atoms with E-state index >= 15 is 0 Å². The molecule has 1 saturated heterocycles. The van der Waals surface area contributed by atoms with E-state index in [9.17, 15) is 0 Å². The molecule has 2 aromatic heterocycles. The van der Waals surface area contributed by atoms with Crippen LogP contribution in [-0.2, 0) is 4.74 Å². The van der Waals surface area contributed by atoms with Gasteiger partial charge in [0.25, 0.3) is 0 Å². The van der Waals surface area contributed by atoms with E-state index in [2.05, 4.69) is 31.3 Å². The second-order valence-electron chi connectivity index (χ2n) is 5.79. The van der Waals surface area contributed by atoms with Crippen molar-refractivity contribution in [2.24, 2.45) is 0 Å². The molecule has 8 heteroatoms. The lowest BCUT2D eigenvalue weighted by atomic mass is 10.2. The van der Waals surface area contributed by atoms with Gasteiger partial charge in [-0.1, -0.05) is 11.6 Å². The van der Waals surface area contributed by atoms with E-state index in [1.165, 1.54) is 0 Å². The minimum Gasteiger partial charge on any atom is -0.492 e. The van der Waals surface area contributed by atoms with E-state index in [-0.39, 0.29) is 6.23 Å². The summed E-state index contributed by atoms with van der Waals surface area (Å²) in [6, 6.07) is 1.96. The third-order valence-corrected chi connectivity index (χ3v) is 5.39. The van der Waals surface area contributed by atoms with Crippen molar-refractivity contribution in [1.29, 1.82) is 0 Å². The van der Waals surface area contributed by atoms with E-state index in [0.29, 0.717) is 22.5 Å². The van der Waals surface area contributed by atoms with E-state index in [0.717, 1.165) is 41.6 Å². The van der Waals surface area contributed by atoms with Gasteiger partial charge in [-0.15, -0.1) is 0 Å². The highest BCUT2D eigenvalue weighted by atomic mass is 79.9. The first kappa shape index (κ1) is 17.5. The van der Waals surface area contributed by atoms with Gasteiger partial charge in [0.2, 0.25) is 0 Å². The lowest BCUT2D eigenvalue weighted by Gasteiger charge is -2.23. The molecule has 6 nitrogen and oxygen atoms in total.